The van der Waals surface area contributed by atoms with Gasteiger partial charge in [-0.2, -0.15) is 6.42 Å². The zero-order valence-electron chi connectivity index (χ0n) is 3.78. The molecule has 1 rings (SSSR count). The topological polar surface area (TPSA) is 12.0 Å². The second-order valence-electron chi connectivity index (χ2n) is 1.30. The summed E-state index contributed by atoms with van der Waals surface area (Å²) in [6.07, 6.45) is 2.60. The van der Waals surface area contributed by atoms with E-state index >= 15 is 0 Å². The Labute approximate surface area is 63.8 Å². The number of nitrogens with one attached hydrogen (secondary N) is 1. The van der Waals surface area contributed by atoms with Crippen LogP contribution in [0.1, 0.15) is 12.8 Å². The summed E-state index contributed by atoms with van der Waals surface area (Å²) < 4.78 is 0. The van der Waals surface area contributed by atoms with Crippen molar-refractivity contribution in [1.82, 2.24) is 5.32 Å². The molecule has 1 aliphatic rings. The van der Waals surface area contributed by atoms with Gasteiger partial charge in [-0.1, -0.05) is 6.42 Å². The van der Waals surface area contributed by atoms with Crippen LogP contribution < -0.4 is 5.32 Å². The Morgan fingerprint density at radius 3 is 2.50 bits per heavy atom. The third kappa shape index (κ3) is 2.27. The number of hydrogen-bond donors (Lipinski definition) is 1. The molecule has 1 nitrogen and oxygen atoms in total. The second-order valence-corrected chi connectivity index (χ2v) is 1.30. The van der Waals surface area contributed by atoms with E-state index in [0.717, 1.165) is 0 Å². The van der Waals surface area contributed by atoms with Crippen LogP contribution in [0.5, 0.6) is 0 Å². The van der Waals surface area contributed by atoms with Crippen molar-refractivity contribution in [3.63, 3.8) is 0 Å². The van der Waals surface area contributed by atoms with Crippen LogP contribution >= 0.6 is 0 Å². The third-order valence-corrected chi connectivity index (χ3v) is 0.814. The van der Waals surface area contributed by atoms with Crippen LogP contribution in [0.25, 0.3) is 0 Å². The summed E-state index contributed by atoms with van der Waals surface area (Å²) in [6, 6.07) is 0. The average Bonchev–Trinajstić information content (AvgIpc) is 1.76. The zero-order chi connectivity index (χ0) is 3.54. The summed E-state index contributed by atoms with van der Waals surface area (Å²) in [7, 11) is 0. The van der Waals surface area contributed by atoms with E-state index < -0.39 is 0 Å². The van der Waals surface area contributed by atoms with Crippen molar-refractivity contribution in [2.75, 3.05) is 6.54 Å². The van der Waals surface area contributed by atoms with Gasteiger partial charge >= 0.3 is 0 Å². The average molecular weight is 159 g/mol. The maximum absolute atomic E-state index is 3.10. The van der Waals surface area contributed by atoms with Crippen molar-refractivity contribution in [2.45, 2.75) is 12.8 Å². The minimum Gasteiger partial charge on any atom is -0.470 e. The molecular weight excluding hydrogens is 151 g/mol. The standard InChI is InChI=1S/C4H8N.Y/c1-2-4-5-3-1;/h3,5H,1-2,4H2;/q-1;. The summed E-state index contributed by atoms with van der Waals surface area (Å²) >= 11 is 0. The van der Waals surface area contributed by atoms with Gasteiger partial charge in [-0.25, -0.2) is 0 Å². The Morgan fingerprint density at radius 2 is 2.33 bits per heavy atom. The van der Waals surface area contributed by atoms with E-state index in [1.54, 1.807) is 0 Å². The summed E-state index contributed by atoms with van der Waals surface area (Å²) in [5, 5.41) is 3.10. The number of hydrogen-bond acceptors (Lipinski definition) is 1. The summed E-state index contributed by atoms with van der Waals surface area (Å²) in [5.74, 6) is 0. The normalized spacial score (nSPS) is 20.0. The van der Waals surface area contributed by atoms with Gasteiger partial charge in [0, 0.05) is 32.7 Å². The quantitative estimate of drug-likeness (QED) is 0.508. The van der Waals surface area contributed by atoms with E-state index in [2.05, 4.69) is 11.9 Å². The molecule has 2 heteroatoms. The van der Waals surface area contributed by atoms with Gasteiger partial charge in [-0.15, -0.1) is 0 Å². The largest absolute Gasteiger partial charge is 0.470 e. The van der Waals surface area contributed by atoms with Crippen molar-refractivity contribution in [3.8, 4) is 0 Å². The molecule has 0 amide bonds. The summed E-state index contributed by atoms with van der Waals surface area (Å²) in [5.41, 5.74) is 0. The molecular formula is C4H8NY-. The van der Waals surface area contributed by atoms with Crippen LogP contribution in [0.3, 0.4) is 0 Å². The predicted octanol–water partition coefficient (Wildman–Crippen LogP) is 0.529. The van der Waals surface area contributed by atoms with Gasteiger partial charge in [0.05, 0.1) is 0 Å². The molecule has 0 aromatic carbocycles. The van der Waals surface area contributed by atoms with E-state index in [-0.39, 0.29) is 32.7 Å². The van der Waals surface area contributed by atoms with Crippen molar-refractivity contribution < 1.29 is 32.7 Å². The molecule has 0 aromatic heterocycles. The molecule has 1 saturated heterocycles. The van der Waals surface area contributed by atoms with Crippen LogP contribution in [-0.2, 0) is 32.7 Å². The summed E-state index contributed by atoms with van der Waals surface area (Å²) in [4.78, 5) is 0. The Bertz CT molecular complexity index is 19.1. The fraction of sp³-hybridized carbons (Fsp3) is 0.750. The van der Waals surface area contributed by atoms with Crippen molar-refractivity contribution in [2.24, 2.45) is 0 Å². The van der Waals surface area contributed by atoms with Gasteiger partial charge in [0.15, 0.2) is 0 Å². The first-order valence-corrected chi connectivity index (χ1v) is 2.05. The van der Waals surface area contributed by atoms with E-state index in [1.165, 1.54) is 19.4 Å². The van der Waals surface area contributed by atoms with Crippen molar-refractivity contribution in [1.29, 1.82) is 0 Å². The van der Waals surface area contributed by atoms with Gasteiger partial charge in [0.2, 0.25) is 0 Å². The first-order chi connectivity index (χ1) is 2.50. The molecule has 1 fully saturated rings. The Hall–Kier alpha value is 1.06. The van der Waals surface area contributed by atoms with Gasteiger partial charge in [-0.05, 0) is 6.54 Å². The van der Waals surface area contributed by atoms with Crippen LogP contribution in [0.4, 0.5) is 0 Å². The van der Waals surface area contributed by atoms with Crippen molar-refractivity contribution in [3.05, 3.63) is 6.54 Å². The third-order valence-electron chi connectivity index (χ3n) is 0.814. The second kappa shape index (κ2) is 4.23. The van der Waals surface area contributed by atoms with E-state index in [1.807, 2.05) is 0 Å². The maximum atomic E-state index is 3.10. The maximum Gasteiger partial charge on any atom is 0 e. The molecule has 0 atom stereocenters. The minimum absolute atomic E-state index is 0. The first kappa shape index (κ1) is 7.06. The Morgan fingerprint density at radius 1 is 1.50 bits per heavy atom. The first-order valence-electron chi connectivity index (χ1n) is 2.05. The molecule has 1 heterocycles. The van der Waals surface area contributed by atoms with Crippen LogP contribution in [0.15, 0.2) is 0 Å². The Kier molecular flexibility index (Phi) is 4.98. The molecule has 0 spiro atoms. The van der Waals surface area contributed by atoms with E-state index in [4.69, 9.17) is 0 Å². The fourth-order valence-electron chi connectivity index (χ4n) is 0.510. The molecule has 1 radical (unpaired) electrons. The molecule has 33 valence electrons. The summed E-state index contributed by atoms with van der Waals surface area (Å²) in [6.45, 7) is 3.31. The molecule has 1 aliphatic heterocycles. The van der Waals surface area contributed by atoms with Gasteiger partial charge < -0.3 is 5.32 Å². The number of rotatable bonds is 0. The van der Waals surface area contributed by atoms with Crippen LogP contribution in [0.2, 0.25) is 0 Å². The zero-order valence-corrected chi connectivity index (χ0v) is 6.61. The van der Waals surface area contributed by atoms with E-state index in [9.17, 15) is 0 Å². The smallest absolute Gasteiger partial charge is 0 e. The van der Waals surface area contributed by atoms with E-state index in [0.29, 0.717) is 0 Å². The van der Waals surface area contributed by atoms with Gasteiger partial charge in [0.25, 0.3) is 0 Å². The Balaban J connectivity index is 0.000000250. The molecule has 0 aliphatic carbocycles. The van der Waals surface area contributed by atoms with Gasteiger partial charge in [-0.3, -0.25) is 6.54 Å². The molecule has 0 unspecified atom stereocenters. The molecule has 0 saturated carbocycles. The van der Waals surface area contributed by atoms with Gasteiger partial charge in [0.1, 0.15) is 0 Å². The molecule has 6 heavy (non-hydrogen) atoms. The molecule has 0 aromatic rings. The monoisotopic (exact) mass is 159 g/mol. The SMILES string of the molecule is [CH-]1CCCN1.[Y]. The van der Waals surface area contributed by atoms with Crippen LogP contribution in [0, 0.1) is 6.54 Å². The predicted molar refractivity (Wildman–Crippen MR) is 21.5 cm³/mol. The molecule has 1 N–H and O–H groups in total. The minimum atomic E-state index is 0. The molecule has 0 bridgehead atoms. The van der Waals surface area contributed by atoms with Crippen LogP contribution in [-0.4, -0.2) is 6.54 Å². The van der Waals surface area contributed by atoms with Crippen molar-refractivity contribution >= 4 is 0 Å². The fourth-order valence-corrected chi connectivity index (χ4v) is 0.510.